The Labute approximate surface area is 50.8 Å². The van der Waals surface area contributed by atoms with E-state index in [0.29, 0.717) is 0 Å². The van der Waals surface area contributed by atoms with E-state index in [0.717, 1.165) is 13.1 Å². The van der Waals surface area contributed by atoms with E-state index in [1.165, 1.54) is 18.4 Å². The van der Waals surface area contributed by atoms with E-state index in [-0.39, 0.29) is 0 Å². The van der Waals surface area contributed by atoms with Crippen LogP contribution in [0.3, 0.4) is 0 Å². The molecule has 0 fully saturated rings. The fraction of sp³-hybridized carbons (Fsp3) is 0.714. The van der Waals surface area contributed by atoms with E-state index in [1.807, 2.05) is 0 Å². The molecule has 0 aromatic rings. The molecule has 45 valence electrons. The molecule has 8 heavy (non-hydrogen) atoms. The van der Waals surface area contributed by atoms with Gasteiger partial charge in [-0.2, -0.15) is 0 Å². The maximum atomic E-state index is 4.26. The van der Waals surface area contributed by atoms with Gasteiger partial charge in [0.15, 0.2) is 0 Å². The molecule has 1 rings (SSSR count). The summed E-state index contributed by atoms with van der Waals surface area (Å²) in [5, 5.41) is 4.26. The van der Waals surface area contributed by atoms with Crippen molar-refractivity contribution in [3.63, 3.8) is 0 Å². The van der Waals surface area contributed by atoms with Gasteiger partial charge < -0.3 is 0 Å². The van der Waals surface area contributed by atoms with Crippen molar-refractivity contribution in [2.75, 3.05) is 13.1 Å². The lowest BCUT2D eigenvalue weighted by atomic mass is 10.1. The largest absolute Gasteiger partial charge is 0.237 e. The van der Waals surface area contributed by atoms with Crippen LogP contribution in [0.15, 0.2) is 11.6 Å². The summed E-state index contributed by atoms with van der Waals surface area (Å²) in [7, 11) is 0. The molecule has 0 aromatic heterocycles. The first-order valence-electron chi connectivity index (χ1n) is 3.24. The van der Waals surface area contributed by atoms with Gasteiger partial charge in [0.2, 0.25) is 0 Å². The first-order valence-corrected chi connectivity index (χ1v) is 3.24. The lowest BCUT2D eigenvalue weighted by molar-refractivity contribution is 0.673. The van der Waals surface area contributed by atoms with E-state index in [9.17, 15) is 0 Å². The molecule has 0 saturated carbocycles. The third kappa shape index (κ3) is 1.34. The molecule has 0 aromatic carbocycles. The molecular weight excluding hydrogens is 98.1 g/mol. The highest BCUT2D eigenvalue weighted by molar-refractivity contribution is 5.05. The fourth-order valence-corrected chi connectivity index (χ4v) is 0.903. The molecule has 0 aliphatic carbocycles. The van der Waals surface area contributed by atoms with E-state index < -0.39 is 0 Å². The Morgan fingerprint density at radius 1 is 1.75 bits per heavy atom. The van der Waals surface area contributed by atoms with Crippen LogP contribution in [-0.2, 0) is 0 Å². The molecule has 0 spiro atoms. The average Bonchev–Trinajstić information content (AvgIpc) is 1.90. The molecule has 0 atom stereocenters. The molecule has 1 heterocycles. The van der Waals surface area contributed by atoms with Crippen molar-refractivity contribution in [2.24, 2.45) is 0 Å². The Hall–Kier alpha value is -0.300. The maximum absolute atomic E-state index is 4.26. The molecule has 1 aliphatic heterocycles. The van der Waals surface area contributed by atoms with Gasteiger partial charge in [0.1, 0.15) is 0 Å². The van der Waals surface area contributed by atoms with Crippen molar-refractivity contribution in [1.82, 2.24) is 5.32 Å². The predicted octanol–water partition coefficient (Wildman–Crippen LogP) is 1.33. The second-order valence-electron chi connectivity index (χ2n) is 2.11. The van der Waals surface area contributed by atoms with Crippen molar-refractivity contribution in [1.29, 1.82) is 0 Å². The lowest BCUT2D eigenvalue weighted by Crippen LogP contribution is -2.14. The van der Waals surface area contributed by atoms with Crippen molar-refractivity contribution in [3.8, 4) is 0 Å². The Balaban J connectivity index is 2.37. The summed E-state index contributed by atoms with van der Waals surface area (Å²) in [6, 6.07) is 0. The highest BCUT2D eigenvalue weighted by atomic mass is 14.9. The van der Waals surface area contributed by atoms with Crippen LogP contribution in [0.25, 0.3) is 0 Å². The van der Waals surface area contributed by atoms with Crippen molar-refractivity contribution in [3.05, 3.63) is 11.6 Å². The SMILES string of the molecule is CCC1=CCC[N]C1. The van der Waals surface area contributed by atoms with Gasteiger partial charge in [0.25, 0.3) is 0 Å². The number of hydrogen-bond donors (Lipinski definition) is 0. The average molecular weight is 110 g/mol. The van der Waals surface area contributed by atoms with E-state index in [4.69, 9.17) is 0 Å². The van der Waals surface area contributed by atoms with Gasteiger partial charge in [-0.3, -0.25) is 0 Å². The number of nitrogens with zero attached hydrogens (tertiary/aromatic N) is 1. The topological polar surface area (TPSA) is 14.1 Å². The Morgan fingerprint density at radius 3 is 3.00 bits per heavy atom. The highest BCUT2D eigenvalue weighted by Crippen LogP contribution is 2.04. The third-order valence-corrected chi connectivity index (χ3v) is 1.49. The minimum absolute atomic E-state index is 0.997. The van der Waals surface area contributed by atoms with Crippen LogP contribution in [0.1, 0.15) is 19.8 Å². The predicted molar refractivity (Wildman–Crippen MR) is 34.9 cm³/mol. The summed E-state index contributed by atoms with van der Waals surface area (Å²) in [6.45, 7) is 4.23. The van der Waals surface area contributed by atoms with Crippen molar-refractivity contribution in [2.45, 2.75) is 19.8 Å². The number of rotatable bonds is 1. The molecule has 1 radical (unpaired) electrons. The monoisotopic (exact) mass is 110 g/mol. The van der Waals surface area contributed by atoms with E-state index >= 15 is 0 Å². The normalized spacial score (nSPS) is 20.4. The van der Waals surface area contributed by atoms with Gasteiger partial charge in [-0.25, -0.2) is 5.32 Å². The molecule has 1 aliphatic rings. The summed E-state index contributed by atoms with van der Waals surface area (Å²) in [6.07, 6.45) is 4.67. The first-order chi connectivity index (χ1) is 3.93. The van der Waals surface area contributed by atoms with E-state index in [2.05, 4.69) is 18.3 Å². The van der Waals surface area contributed by atoms with Gasteiger partial charge >= 0.3 is 0 Å². The standard InChI is InChI=1S/C7H12N/c1-2-7-4-3-5-8-6-7/h4H,2-3,5-6H2,1H3. The zero-order valence-corrected chi connectivity index (χ0v) is 5.35. The second-order valence-corrected chi connectivity index (χ2v) is 2.11. The quantitative estimate of drug-likeness (QED) is 0.452. The molecule has 0 bridgehead atoms. The van der Waals surface area contributed by atoms with Crippen LogP contribution in [-0.4, -0.2) is 13.1 Å². The summed E-state index contributed by atoms with van der Waals surface area (Å²) >= 11 is 0. The molecular formula is C7H12N. The summed E-state index contributed by atoms with van der Waals surface area (Å²) in [4.78, 5) is 0. The minimum Gasteiger partial charge on any atom is -0.237 e. The molecule has 0 unspecified atom stereocenters. The van der Waals surface area contributed by atoms with Crippen LogP contribution < -0.4 is 5.32 Å². The molecule has 0 amide bonds. The molecule has 1 heteroatoms. The second kappa shape index (κ2) is 2.88. The Morgan fingerprint density at radius 2 is 2.62 bits per heavy atom. The van der Waals surface area contributed by atoms with Crippen molar-refractivity contribution >= 4 is 0 Å². The van der Waals surface area contributed by atoms with Crippen LogP contribution >= 0.6 is 0 Å². The van der Waals surface area contributed by atoms with Gasteiger partial charge in [-0.15, -0.1) is 0 Å². The van der Waals surface area contributed by atoms with Crippen molar-refractivity contribution < 1.29 is 0 Å². The summed E-state index contributed by atoms with van der Waals surface area (Å²) in [5.74, 6) is 0. The summed E-state index contributed by atoms with van der Waals surface area (Å²) < 4.78 is 0. The fourth-order valence-electron chi connectivity index (χ4n) is 0.903. The van der Waals surface area contributed by atoms with Crippen LogP contribution in [0.5, 0.6) is 0 Å². The first kappa shape index (κ1) is 5.83. The number of hydrogen-bond acceptors (Lipinski definition) is 0. The third-order valence-electron chi connectivity index (χ3n) is 1.49. The Kier molecular flexibility index (Phi) is 2.10. The maximum Gasteiger partial charge on any atom is 0.0343 e. The van der Waals surface area contributed by atoms with E-state index in [1.54, 1.807) is 0 Å². The highest BCUT2D eigenvalue weighted by Gasteiger charge is 1.98. The zero-order chi connectivity index (χ0) is 5.82. The van der Waals surface area contributed by atoms with Gasteiger partial charge in [-0.1, -0.05) is 18.6 Å². The molecule has 0 N–H and O–H groups in total. The van der Waals surface area contributed by atoms with Crippen LogP contribution in [0.4, 0.5) is 0 Å². The van der Waals surface area contributed by atoms with Crippen LogP contribution in [0, 0.1) is 0 Å². The smallest absolute Gasteiger partial charge is 0.0343 e. The lowest BCUT2D eigenvalue weighted by Gasteiger charge is -2.09. The van der Waals surface area contributed by atoms with Gasteiger partial charge in [0, 0.05) is 13.1 Å². The summed E-state index contributed by atoms with van der Waals surface area (Å²) in [5.41, 5.74) is 1.51. The van der Waals surface area contributed by atoms with Gasteiger partial charge in [0.05, 0.1) is 0 Å². The van der Waals surface area contributed by atoms with Crippen LogP contribution in [0.2, 0.25) is 0 Å². The molecule has 0 saturated heterocycles. The Bertz CT molecular complexity index is 94.6. The zero-order valence-electron chi connectivity index (χ0n) is 5.35. The minimum atomic E-state index is 0.997. The molecule has 1 nitrogen and oxygen atoms in total. The van der Waals surface area contributed by atoms with Gasteiger partial charge in [-0.05, 0) is 12.8 Å².